The zero-order chi connectivity index (χ0) is 13.7. The first-order chi connectivity index (χ1) is 9.20. The smallest absolute Gasteiger partial charge is 0.287 e. The van der Waals surface area contributed by atoms with Crippen molar-refractivity contribution in [3.63, 3.8) is 0 Å². The highest BCUT2D eigenvalue weighted by atomic mass is 19.1. The maximum atomic E-state index is 13.2. The van der Waals surface area contributed by atoms with E-state index in [1.807, 2.05) is 5.43 Å². The Hall–Kier alpha value is -2.48. The Morgan fingerprint density at radius 3 is 3.00 bits per heavy atom. The van der Waals surface area contributed by atoms with Crippen molar-refractivity contribution < 1.29 is 13.9 Å². The van der Waals surface area contributed by atoms with E-state index in [0.717, 1.165) is 0 Å². The number of nitrogens with zero attached hydrogens (tertiary/aromatic N) is 3. The maximum absolute atomic E-state index is 13.2. The molecule has 0 fully saturated rings. The highest BCUT2D eigenvalue weighted by Gasteiger charge is 2.08. The molecule has 8 heteroatoms. The summed E-state index contributed by atoms with van der Waals surface area (Å²) in [6.07, 6.45) is 1.42. The zero-order valence-electron chi connectivity index (χ0n) is 9.91. The van der Waals surface area contributed by atoms with Gasteiger partial charge in [-0.3, -0.25) is 10.2 Å². The summed E-state index contributed by atoms with van der Waals surface area (Å²) in [5.74, 6) is 4.18. The van der Waals surface area contributed by atoms with E-state index in [4.69, 9.17) is 10.6 Å². The van der Waals surface area contributed by atoms with Crippen LogP contribution in [0.3, 0.4) is 0 Å². The summed E-state index contributed by atoms with van der Waals surface area (Å²) < 4.78 is 19.9. The molecule has 2 rings (SSSR count). The van der Waals surface area contributed by atoms with Gasteiger partial charge in [0.15, 0.2) is 17.3 Å². The Kier molecular flexibility index (Phi) is 4.04. The van der Waals surface area contributed by atoms with Gasteiger partial charge in [-0.25, -0.2) is 14.9 Å². The van der Waals surface area contributed by atoms with E-state index >= 15 is 0 Å². The summed E-state index contributed by atoms with van der Waals surface area (Å²) in [7, 11) is 0. The predicted molar refractivity (Wildman–Crippen MR) is 63.6 cm³/mol. The van der Waals surface area contributed by atoms with Gasteiger partial charge >= 0.3 is 0 Å². The fraction of sp³-hybridized carbons (Fsp3) is 0.182. The highest BCUT2D eigenvalue weighted by Crippen LogP contribution is 2.15. The minimum absolute atomic E-state index is 0.105. The van der Waals surface area contributed by atoms with Crippen LogP contribution in [-0.4, -0.2) is 27.5 Å². The lowest BCUT2D eigenvalue weighted by Crippen LogP contribution is -2.30. The summed E-state index contributed by atoms with van der Waals surface area (Å²) in [5, 5.41) is 7.34. The van der Waals surface area contributed by atoms with Crippen LogP contribution in [0, 0.1) is 5.82 Å². The van der Waals surface area contributed by atoms with Crippen molar-refractivity contribution in [3.8, 4) is 5.75 Å². The van der Waals surface area contributed by atoms with Crippen molar-refractivity contribution in [2.45, 2.75) is 6.54 Å². The first-order valence-corrected chi connectivity index (χ1v) is 5.49. The molecule has 1 aromatic heterocycles. The molecule has 0 unspecified atom stereocenters. The molecule has 0 bridgehead atoms. The molecule has 3 N–H and O–H groups in total. The fourth-order valence-corrected chi connectivity index (χ4v) is 1.40. The van der Waals surface area contributed by atoms with Gasteiger partial charge in [0.1, 0.15) is 6.61 Å². The van der Waals surface area contributed by atoms with Crippen LogP contribution in [0.5, 0.6) is 5.75 Å². The summed E-state index contributed by atoms with van der Waals surface area (Å²) >= 11 is 0. The number of nitrogen functional groups attached to an aromatic ring is 1. The molecular formula is C11H12FN5O2. The molecule has 2 aromatic rings. The minimum atomic E-state index is -0.527. The molecular weight excluding hydrogens is 253 g/mol. The molecule has 1 heterocycles. The Labute approximate surface area is 108 Å². The van der Waals surface area contributed by atoms with E-state index in [9.17, 15) is 9.18 Å². The topological polar surface area (TPSA) is 95.1 Å². The van der Waals surface area contributed by atoms with Crippen LogP contribution in [-0.2, 0) is 6.54 Å². The van der Waals surface area contributed by atoms with Crippen molar-refractivity contribution in [1.82, 2.24) is 20.4 Å². The summed E-state index contributed by atoms with van der Waals surface area (Å²) in [5.41, 5.74) is 2.05. The van der Waals surface area contributed by atoms with Crippen LogP contribution in [0.4, 0.5) is 4.39 Å². The Bertz CT molecular complexity index is 572. The Morgan fingerprint density at radius 1 is 1.47 bits per heavy atom. The quantitative estimate of drug-likeness (QED) is 0.454. The van der Waals surface area contributed by atoms with Gasteiger partial charge in [-0.2, -0.15) is 0 Å². The maximum Gasteiger partial charge on any atom is 0.287 e. The highest BCUT2D eigenvalue weighted by molar-refractivity contribution is 5.91. The molecule has 1 aromatic carbocycles. The molecule has 19 heavy (non-hydrogen) atoms. The van der Waals surface area contributed by atoms with Gasteiger partial charge in [0, 0.05) is 0 Å². The van der Waals surface area contributed by atoms with Crippen LogP contribution in [0.2, 0.25) is 0 Å². The van der Waals surface area contributed by atoms with Crippen molar-refractivity contribution in [2.24, 2.45) is 5.84 Å². The molecule has 0 radical (unpaired) electrons. The van der Waals surface area contributed by atoms with Crippen molar-refractivity contribution in [3.05, 3.63) is 42.0 Å². The molecule has 100 valence electrons. The van der Waals surface area contributed by atoms with Gasteiger partial charge in [0.25, 0.3) is 5.91 Å². The Balaban J connectivity index is 1.88. The normalized spacial score (nSPS) is 10.2. The number of halogens is 1. The Morgan fingerprint density at radius 2 is 2.26 bits per heavy atom. The van der Waals surface area contributed by atoms with Crippen molar-refractivity contribution in [1.29, 1.82) is 0 Å². The third-order valence-corrected chi connectivity index (χ3v) is 2.32. The SMILES string of the molecule is NNC(=O)c1cn(CCOc2ccccc2F)nn1. The summed E-state index contributed by atoms with van der Waals surface area (Å²) in [6.45, 7) is 0.535. The van der Waals surface area contributed by atoms with Crippen LogP contribution in [0.1, 0.15) is 10.5 Å². The molecule has 0 aliphatic heterocycles. The van der Waals surface area contributed by atoms with Gasteiger partial charge in [-0.1, -0.05) is 17.3 Å². The first-order valence-electron chi connectivity index (χ1n) is 5.49. The fourth-order valence-electron chi connectivity index (χ4n) is 1.40. The third kappa shape index (κ3) is 3.26. The number of ether oxygens (including phenoxy) is 1. The lowest BCUT2D eigenvalue weighted by Gasteiger charge is -2.06. The third-order valence-electron chi connectivity index (χ3n) is 2.32. The average molecular weight is 265 g/mol. The van der Waals surface area contributed by atoms with Crippen LogP contribution in [0.25, 0.3) is 0 Å². The lowest BCUT2D eigenvalue weighted by molar-refractivity contribution is 0.0948. The molecule has 1 amide bonds. The number of hydrogen-bond acceptors (Lipinski definition) is 5. The number of amides is 1. The van der Waals surface area contributed by atoms with Gasteiger partial charge in [0.2, 0.25) is 0 Å². The second-order valence-corrected chi connectivity index (χ2v) is 3.62. The zero-order valence-corrected chi connectivity index (χ0v) is 9.91. The minimum Gasteiger partial charge on any atom is -0.489 e. The number of nitrogens with two attached hydrogens (primary N) is 1. The van der Waals surface area contributed by atoms with E-state index in [0.29, 0.717) is 6.54 Å². The summed E-state index contributed by atoms with van der Waals surface area (Å²) in [4.78, 5) is 11.1. The number of rotatable bonds is 5. The largest absolute Gasteiger partial charge is 0.489 e. The van der Waals surface area contributed by atoms with E-state index in [1.165, 1.54) is 23.0 Å². The second kappa shape index (κ2) is 5.91. The van der Waals surface area contributed by atoms with Crippen LogP contribution >= 0.6 is 0 Å². The number of hydrazine groups is 1. The monoisotopic (exact) mass is 265 g/mol. The molecule has 0 aliphatic rings. The number of carbonyl (C=O) groups excluding carboxylic acids is 1. The van der Waals surface area contributed by atoms with Crippen LogP contribution in [0.15, 0.2) is 30.5 Å². The first kappa shape index (κ1) is 13.0. The van der Waals surface area contributed by atoms with E-state index in [2.05, 4.69) is 10.3 Å². The number of aromatic nitrogens is 3. The second-order valence-electron chi connectivity index (χ2n) is 3.62. The van der Waals surface area contributed by atoms with Gasteiger partial charge in [-0.05, 0) is 12.1 Å². The number of benzene rings is 1. The molecule has 0 spiro atoms. The molecule has 0 saturated carbocycles. The van der Waals surface area contributed by atoms with Crippen molar-refractivity contribution >= 4 is 5.91 Å². The summed E-state index contributed by atoms with van der Waals surface area (Å²) in [6, 6.07) is 6.10. The van der Waals surface area contributed by atoms with Crippen molar-refractivity contribution in [2.75, 3.05) is 6.61 Å². The van der Waals surface area contributed by atoms with Gasteiger partial charge in [-0.15, -0.1) is 5.10 Å². The standard InChI is InChI=1S/C11H12FN5O2/c12-8-3-1-2-4-10(8)19-6-5-17-7-9(15-16-17)11(18)14-13/h1-4,7H,5-6,13H2,(H,14,18). The number of para-hydroxylation sites is 1. The van der Waals surface area contributed by atoms with E-state index in [-0.39, 0.29) is 18.1 Å². The molecule has 0 saturated heterocycles. The predicted octanol–water partition coefficient (Wildman–Crippen LogP) is 0.0997. The van der Waals surface area contributed by atoms with E-state index in [1.54, 1.807) is 12.1 Å². The molecule has 0 aliphatic carbocycles. The number of nitrogens with one attached hydrogen (secondary N) is 1. The van der Waals surface area contributed by atoms with Gasteiger partial charge in [0.05, 0.1) is 12.7 Å². The number of hydrogen-bond donors (Lipinski definition) is 2. The average Bonchev–Trinajstić information content (AvgIpc) is 2.89. The molecule has 0 atom stereocenters. The van der Waals surface area contributed by atoms with E-state index < -0.39 is 11.7 Å². The lowest BCUT2D eigenvalue weighted by atomic mass is 10.3. The van der Waals surface area contributed by atoms with Gasteiger partial charge < -0.3 is 4.74 Å². The molecule has 7 nitrogen and oxygen atoms in total. The number of carbonyl (C=O) groups is 1. The van der Waals surface area contributed by atoms with Crippen LogP contribution < -0.4 is 16.0 Å².